The Bertz CT molecular complexity index is 638. The number of nitrogens with one attached hydrogen (secondary N) is 1. The molecule has 114 valence electrons. The third kappa shape index (κ3) is 3.65. The van der Waals surface area contributed by atoms with Crippen molar-refractivity contribution in [2.45, 2.75) is 12.2 Å². The maximum atomic E-state index is 13.3. The predicted octanol–water partition coefficient (Wildman–Crippen LogP) is 4.98. The van der Waals surface area contributed by atoms with Gasteiger partial charge in [0.1, 0.15) is 5.82 Å². The topological polar surface area (TPSA) is 38.0 Å². The Kier molecular flexibility index (Phi) is 5.09. The Morgan fingerprint density at radius 2 is 1.86 bits per heavy atom. The number of nitrogens with two attached hydrogens (primary N) is 1. The molecule has 1 unspecified atom stereocenters. The van der Waals surface area contributed by atoms with Crippen molar-refractivity contribution in [3.05, 3.63) is 54.3 Å². The van der Waals surface area contributed by atoms with Crippen LogP contribution < -0.4 is 11.3 Å². The molecule has 1 atom stereocenters. The van der Waals surface area contributed by atoms with Crippen molar-refractivity contribution >= 4 is 43.2 Å². The van der Waals surface area contributed by atoms with E-state index in [4.69, 9.17) is 5.84 Å². The van der Waals surface area contributed by atoms with Crippen LogP contribution in [0.5, 0.6) is 0 Å². The smallest absolute Gasteiger partial charge is 0.271 e. The van der Waals surface area contributed by atoms with E-state index < -0.39 is 23.6 Å². The Hall–Kier alpha value is -0.480. The molecule has 0 aliphatic heterocycles. The average molecular weight is 448 g/mol. The highest BCUT2D eigenvalue weighted by molar-refractivity contribution is 9.13. The number of rotatable bonds is 3. The van der Waals surface area contributed by atoms with Crippen molar-refractivity contribution < 1.29 is 17.6 Å². The van der Waals surface area contributed by atoms with Gasteiger partial charge in [0.15, 0.2) is 0 Å². The Morgan fingerprint density at radius 1 is 1.19 bits per heavy atom. The van der Waals surface area contributed by atoms with E-state index in [2.05, 4.69) is 37.3 Å². The van der Waals surface area contributed by atoms with Gasteiger partial charge in [0.2, 0.25) is 0 Å². The van der Waals surface area contributed by atoms with E-state index in [0.717, 1.165) is 20.4 Å². The molecule has 0 bridgehead atoms. The Balaban J connectivity index is 2.48. The van der Waals surface area contributed by atoms with Crippen LogP contribution in [0.3, 0.4) is 0 Å². The van der Waals surface area contributed by atoms with Crippen LogP contribution in [-0.2, 0) is 6.18 Å². The summed E-state index contributed by atoms with van der Waals surface area (Å²) in [6.07, 6.45) is -4.75. The van der Waals surface area contributed by atoms with Crippen LogP contribution in [-0.4, -0.2) is 0 Å². The lowest BCUT2D eigenvalue weighted by Crippen LogP contribution is -2.28. The van der Waals surface area contributed by atoms with Crippen LogP contribution >= 0.6 is 43.2 Å². The lowest BCUT2D eigenvalue weighted by molar-refractivity contribution is -0.140. The van der Waals surface area contributed by atoms with Gasteiger partial charge in [-0.15, -0.1) is 11.3 Å². The second-order valence-corrected chi connectivity index (χ2v) is 7.36. The fourth-order valence-corrected chi connectivity index (χ4v) is 3.97. The second kappa shape index (κ2) is 6.33. The number of halogens is 6. The number of hydrazine groups is 1. The highest BCUT2D eigenvalue weighted by atomic mass is 79.9. The maximum Gasteiger partial charge on any atom is 0.419 e. The number of hydrogen-bond donors (Lipinski definition) is 2. The van der Waals surface area contributed by atoms with E-state index in [1.54, 1.807) is 6.07 Å². The summed E-state index contributed by atoms with van der Waals surface area (Å²) in [7, 11) is 0. The molecule has 1 aromatic heterocycles. The molecular formula is C12H8Br2F4N2S. The van der Waals surface area contributed by atoms with Gasteiger partial charge in [0, 0.05) is 9.35 Å². The minimum atomic E-state index is -4.75. The van der Waals surface area contributed by atoms with Gasteiger partial charge in [-0.05, 0) is 55.6 Å². The summed E-state index contributed by atoms with van der Waals surface area (Å²) in [4.78, 5) is 0.691. The van der Waals surface area contributed by atoms with Crippen molar-refractivity contribution in [3.63, 3.8) is 0 Å². The molecule has 0 saturated heterocycles. The number of thiophene rings is 1. The van der Waals surface area contributed by atoms with Crippen molar-refractivity contribution in [2.75, 3.05) is 0 Å². The summed E-state index contributed by atoms with van der Waals surface area (Å²) >= 11 is 7.92. The average Bonchev–Trinajstić information content (AvgIpc) is 2.71. The Labute approximate surface area is 138 Å². The van der Waals surface area contributed by atoms with E-state index in [0.29, 0.717) is 4.88 Å². The molecule has 0 aliphatic carbocycles. The monoisotopic (exact) mass is 446 g/mol. The SMILES string of the molecule is NNC(c1ccc(F)c(C(F)(F)F)c1)c1cc(Br)c(Br)s1. The van der Waals surface area contributed by atoms with Gasteiger partial charge in [-0.2, -0.15) is 13.2 Å². The summed E-state index contributed by atoms with van der Waals surface area (Å²) < 4.78 is 53.2. The molecule has 0 spiro atoms. The zero-order chi connectivity index (χ0) is 15.8. The molecule has 0 fully saturated rings. The van der Waals surface area contributed by atoms with Gasteiger partial charge < -0.3 is 0 Å². The van der Waals surface area contributed by atoms with Crippen LogP contribution in [0.2, 0.25) is 0 Å². The number of hydrogen-bond acceptors (Lipinski definition) is 3. The zero-order valence-corrected chi connectivity index (χ0v) is 14.1. The maximum absolute atomic E-state index is 13.3. The molecule has 1 heterocycles. The van der Waals surface area contributed by atoms with Crippen LogP contribution in [0.1, 0.15) is 22.0 Å². The molecule has 0 saturated carbocycles. The zero-order valence-electron chi connectivity index (χ0n) is 10.1. The molecular weight excluding hydrogens is 440 g/mol. The van der Waals surface area contributed by atoms with Crippen molar-refractivity contribution in [3.8, 4) is 0 Å². The van der Waals surface area contributed by atoms with E-state index in [1.807, 2.05) is 0 Å². The summed E-state index contributed by atoms with van der Waals surface area (Å²) in [6.45, 7) is 0. The molecule has 2 nitrogen and oxygen atoms in total. The van der Waals surface area contributed by atoms with Crippen LogP contribution in [0.25, 0.3) is 0 Å². The minimum absolute atomic E-state index is 0.229. The van der Waals surface area contributed by atoms with E-state index in [1.165, 1.54) is 17.4 Å². The highest BCUT2D eigenvalue weighted by Crippen LogP contribution is 2.39. The molecule has 1 aromatic carbocycles. The minimum Gasteiger partial charge on any atom is -0.271 e. The van der Waals surface area contributed by atoms with Crippen LogP contribution in [0, 0.1) is 5.82 Å². The summed E-state index contributed by atoms with van der Waals surface area (Å²) in [6, 6.07) is 3.90. The standard InChI is InChI=1S/C12H8Br2F4N2S/c13-7-4-9(21-11(7)14)10(20-19)5-1-2-8(15)6(3-5)12(16,17)18/h1-4,10,20H,19H2. The molecule has 2 rings (SSSR count). The molecule has 0 amide bonds. The lowest BCUT2D eigenvalue weighted by atomic mass is 10.0. The molecule has 9 heteroatoms. The van der Waals surface area contributed by atoms with Crippen LogP contribution in [0.15, 0.2) is 32.5 Å². The van der Waals surface area contributed by atoms with Crippen molar-refractivity contribution in [1.82, 2.24) is 5.43 Å². The first-order valence-corrected chi connectivity index (χ1v) is 7.91. The second-order valence-electron chi connectivity index (χ2n) is 4.11. The molecule has 2 aromatic rings. The van der Waals surface area contributed by atoms with Gasteiger partial charge in [-0.25, -0.2) is 9.82 Å². The third-order valence-electron chi connectivity index (χ3n) is 2.74. The predicted molar refractivity (Wildman–Crippen MR) is 80.3 cm³/mol. The molecule has 0 radical (unpaired) electrons. The normalized spacial score (nSPS) is 13.5. The molecule has 0 aliphatic rings. The van der Waals surface area contributed by atoms with Gasteiger partial charge in [0.05, 0.1) is 15.4 Å². The van der Waals surface area contributed by atoms with Crippen LogP contribution in [0.4, 0.5) is 17.6 Å². The van der Waals surface area contributed by atoms with Gasteiger partial charge in [-0.1, -0.05) is 6.07 Å². The van der Waals surface area contributed by atoms with Crippen molar-refractivity contribution in [1.29, 1.82) is 0 Å². The fraction of sp³-hybridized carbons (Fsp3) is 0.167. The van der Waals surface area contributed by atoms with E-state index in [-0.39, 0.29) is 5.56 Å². The first kappa shape index (κ1) is 16.9. The highest BCUT2D eigenvalue weighted by Gasteiger charge is 2.35. The van der Waals surface area contributed by atoms with Gasteiger partial charge >= 0.3 is 6.18 Å². The largest absolute Gasteiger partial charge is 0.419 e. The quantitative estimate of drug-likeness (QED) is 0.395. The lowest BCUT2D eigenvalue weighted by Gasteiger charge is -2.17. The Morgan fingerprint density at radius 3 is 2.33 bits per heavy atom. The molecule has 3 N–H and O–H groups in total. The van der Waals surface area contributed by atoms with Crippen molar-refractivity contribution in [2.24, 2.45) is 5.84 Å². The first-order chi connectivity index (χ1) is 9.74. The number of alkyl halides is 3. The van der Waals surface area contributed by atoms with Gasteiger partial charge in [-0.3, -0.25) is 5.84 Å². The fourth-order valence-electron chi connectivity index (χ4n) is 1.79. The molecule has 21 heavy (non-hydrogen) atoms. The summed E-state index contributed by atoms with van der Waals surface area (Å²) in [5, 5.41) is 0. The number of benzene rings is 1. The summed E-state index contributed by atoms with van der Waals surface area (Å²) in [5.41, 5.74) is 1.37. The van der Waals surface area contributed by atoms with Gasteiger partial charge in [0.25, 0.3) is 0 Å². The van der Waals surface area contributed by atoms with E-state index >= 15 is 0 Å². The first-order valence-electron chi connectivity index (χ1n) is 5.51. The third-order valence-corrected chi connectivity index (χ3v) is 6.07. The van der Waals surface area contributed by atoms with E-state index in [9.17, 15) is 17.6 Å². The summed E-state index contributed by atoms with van der Waals surface area (Å²) in [5.74, 6) is 4.13.